The maximum atomic E-state index is 12.7. The maximum Gasteiger partial charge on any atom is 0.251 e. The van der Waals surface area contributed by atoms with Gasteiger partial charge in [-0.3, -0.25) is 9.59 Å². The van der Waals surface area contributed by atoms with E-state index < -0.39 is 0 Å². The lowest BCUT2D eigenvalue weighted by atomic mass is 10.1. The number of benzene rings is 1. The van der Waals surface area contributed by atoms with Crippen LogP contribution in [-0.4, -0.2) is 29.8 Å². The first-order valence-electron chi connectivity index (χ1n) is 8.46. The number of hydrogen-bond acceptors (Lipinski definition) is 3. The van der Waals surface area contributed by atoms with Gasteiger partial charge in [0.2, 0.25) is 5.91 Å². The number of carbonyl (C=O) groups is 2. The molecule has 130 valence electrons. The van der Waals surface area contributed by atoms with Crippen molar-refractivity contribution in [3.63, 3.8) is 0 Å². The van der Waals surface area contributed by atoms with Gasteiger partial charge in [0.15, 0.2) is 0 Å². The summed E-state index contributed by atoms with van der Waals surface area (Å²) in [6.45, 7) is 1.99. The number of furan rings is 1. The molecule has 1 aromatic heterocycles. The van der Waals surface area contributed by atoms with Crippen LogP contribution in [0.3, 0.4) is 0 Å². The fraction of sp³-hybridized carbons (Fsp3) is 0.300. The van der Waals surface area contributed by atoms with Crippen molar-refractivity contribution >= 4 is 17.9 Å². The van der Waals surface area contributed by atoms with Crippen LogP contribution >= 0.6 is 0 Å². The fourth-order valence-corrected chi connectivity index (χ4v) is 2.85. The summed E-state index contributed by atoms with van der Waals surface area (Å²) in [5.74, 6) is 0.643. The number of hydrogen-bond donors (Lipinski definition) is 1. The Bertz CT molecular complexity index is 759. The van der Waals surface area contributed by atoms with Crippen molar-refractivity contribution in [1.82, 2.24) is 10.2 Å². The molecule has 0 radical (unpaired) electrons. The molecule has 0 unspecified atom stereocenters. The average molecular weight is 338 g/mol. The lowest BCUT2D eigenvalue weighted by Crippen LogP contribution is -2.34. The van der Waals surface area contributed by atoms with Crippen molar-refractivity contribution in [2.24, 2.45) is 0 Å². The molecule has 0 aliphatic heterocycles. The second-order valence-corrected chi connectivity index (χ2v) is 6.20. The van der Waals surface area contributed by atoms with Crippen LogP contribution in [0.4, 0.5) is 0 Å². The van der Waals surface area contributed by atoms with Crippen molar-refractivity contribution < 1.29 is 14.0 Å². The van der Waals surface area contributed by atoms with E-state index in [9.17, 15) is 9.59 Å². The third kappa shape index (κ3) is 3.99. The minimum absolute atomic E-state index is 0.0261. The molecule has 5 nitrogen and oxygen atoms in total. The van der Waals surface area contributed by atoms with E-state index in [0.29, 0.717) is 5.56 Å². The molecule has 1 atom stereocenters. The van der Waals surface area contributed by atoms with E-state index in [1.165, 1.54) is 0 Å². The van der Waals surface area contributed by atoms with Crippen LogP contribution in [0.15, 0.2) is 53.2 Å². The number of carbonyl (C=O) groups excluding carboxylic acids is 2. The summed E-state index contributed by atoms with van der Waals surface area (Å²) in [5, 5.41) is 2.58. The van der Waals surface area contributed by atoms with Crippen LogP contribution in [0, 0.1) is 0 Å². The number of rotatable bonds is 6. The monoisotopic (exact) mass is 338 g/mol. The number of nitrogens with zero attached hydrogens (tertiary/aromatic N) is 1. The van der Waals surface area contributed by atoms with Gasteiger partial charge < -0.3 is 14.6 Å². The summed E-state index contributed by atoms with van der Waals surface area (Å²) in [6.07, 6.45) is 7.06. The van der Waals surface area contributed by atoms with Crippen molar-refractivity contribution in [3.8, 4) is 0 Å². The number of nitrogens with one attached hydrogen (secondary N) is 1. The van der Waals surface area contributed by atoms with Gasteiger partial charge in [0.05, 0.1) is 12.3 Å². The molecule has 2 amide bonds. The molecule has 3 rings (SSSR count). The summed E-state index contributed by atoms with van der Waals surface area (Å²) in [5.41, 5.74) is 1.47. The van der Waals surface area contributed by atoms with Crippen molar-refractivity contribution in [1.29, 1.82) is 0 Å². The van der Waals surface area contributed by atoms with Crippen molar-refractivity contribution in [2.75, 3.05) is 7.05 Å². The first-order chi connectivity index (χ1) is 12.1. The van der Waals surface area contributed by atoms with Gasteiger partial charge in [-0.1, -0.05) is 12.1 Å². The van der Waals surface area contributed by atoms with E-state index in [0.717, 1.165) is 24.2 Å². The Kier molecular flexibility index (Phi) is 5.03. The lowest BCUT2D eigenvalue weighted by molar-refractivity contribution is -0.129. The first kappa shape index (κ1) is 17.0. The van der Waals surface area contributed by atoms with E-state index in [4.69, 9.17) is 4.42 Å². The Labute approximate surface area is 147 Å². The molecule has 0 saturated heterocycles. The van der Waals surface area contributed by atoms with Crippen molar-refractivity contribution in [2.45, 2.75) is 31.8 Å². The Morgan fingerprint density at radius 2 is 1.96 bits per heavy atom. The summed E-state index contributed by atoms with van der Waals surface area (Å²) in [6, 6.07) is 11.1. The molecule has 25 heavy (non-hydrogen) atoms. The van der Waals surface area contributed by atoms with E-state index in [2.05, 4.69) is 5.32 Å². The highest BCUT2D eigenvalue weighted by Gasteiger charge is 2.36. The summed E-state index contributed by atoms with van der Waals surface area (Å²) >= 11 is 0. The Balaban J connectivity index is 1.71. The standard InChI is InChI=1S/C20H22N2O3/c1-14(18-4-3-13-25-18)22(17-10-11-17)19(23)12-7-15-5-8-16(9-6-15)20(24)21-2/h3-9,12-14,17H,10-11H2,1-2H3,(H,21,24)/b12-7-/t14-/m1/s1. The minimum Gasteiger partial charge on any atom is -0.467 e. The number of amides is 2. The molecule has 1 fully saturated rings. The van der Waals surface area contributed by atoms with E-state index in [1.54, 1.807) is 37.6 Å². The van der Waals surface area contributed by atoms with Gasteiger partial charge in [-0.25, -0.2) is 0 Å². The van der Waals surface area contributed by atoms with Gasteiger partial charge in [-0.05, 0) is 55.7 Å². The van der Waals surface area contributed by atoms with Gasteiger partial charge in [0.25, 0.3) is 5.91 Å². The summed E-state index contributed by atoms with van der Waals surface area (Å²) in [4.78, 5) is 26.1. The molecular weight excluding hydrogens is 316 g/mol. The zero-order valence-corrected chi connectivity index (χ0v) is 14.4. The van der Waals surface area contributed by atoms with Crippen LogP contribution in [-0.2, 0) is 4.79 Å². The van der Waals surface area contributed by atoms with E-state index in [-0.39, 0.29) is 23.9 Å². The third-order valence-electron chi connectivity index (χ3n) is 4.39. The smallest absolute Gasteiger partial charge is 0.251 e. The second-order valence-electron chi connectivity index (χ2n) is 6.20. The lowest BCUT2D eigenvalue weighted by Gasteiger charge is -2.26. The Morgan fingerprint density at radius 1 is 1.24 bits per heavy atom. The topological polar surface area (TPSA) is 62.6 Å². The highest BCUT2D eigenvalue weighted by atomic mass is 16.3. The van der Waals surface area contributed by atoms with Crippen LogP contribution in [0.5, 0.6) is 0 Å². The molecule has 5 heteroatoms. The normalized spacial score (nSPS) is 15.1. The van der Waals surface area contributed by atoms with Crippen LogP contribution in [0.1, 0.15) is 47.5 Å². The SMILES string of the molecule is CNC(=O)c1ccc(/C=C\C(=O)N(C2CC2)[C@H](C)c2ccco2)cc1. The van der Waals surface area contributed by atoms with Crippen LogP contribution in [0.25, 0.3) is 6.08 Å². The van der Waals surface area contributed by atoms with Crippen LogP contribution < -0.4 is 5.32 Å². The van der Waals surface area contributed by atoms with Gasteiger partial charge in [-0.15, -0.1) is 0 Å². The Morgan fingerprint density at radius 3 is 2.52 bits per heavy atom. The van der Waals surface area contributed by atoms with Gasteiger partial charge in [0, 0.05) is 24.7 Å². The maximum absolute atomic E-state index is 12.7. The van der Waals surface area contributed by atoms with Crippen LogP contribution in [0.2, 0.25) is 0 Å². The zero-order chi connectivity index (χ0) is 17.8. The Hall–Kier alpha value is -2.82. The summed E-state index contributed by atoms with van der Waals surface area (Å²) < 4.78 is 5.46. The first-order valence-corrected chi connectivity index (χ1v) is 8.46. The van der Waals surface area contributed by atoms with E-state index >= 15 is 0 Å². The fourth-order valence-electron chi connectivity index (χ4n) is 2.85. The average Bonchev–Trinajstić information content (AvgIpc) is 3.31. The molecule has 1 aliphatic carbocycles. The molecule has 0 spiro atoms. The van der Waals surface area contributed by atoms with Crippen molar-refractivity contribution in [3.05, 3.63) is 65.6 Å². The molecule has 1 N–H and O–H groups in total. The second kappa shape index (κ2) is 7.38. The molecule has 1 heterocycles. The molecule has 2 aromatic rings. The molecule has 0 bridgehead atoms. The molecule has 1 aliphatic rings. The molecular formula is C20H22N2O3. The third-order valence-corrected chi connectivity index (χ3v) is 4.39. The quantitative estimate of drug-likeness (QED) is 0.821. The van der Waals surface area contributed by atoms with Gasteiger partial charge >= 0.3 is 0 Å². The minimum atomic E-state index is -0.126. The van der Waals surface area contributed by atoms with E-state index in [1.807, 2.05) is 36.1 Å². The predicted molar refractivity (Wildman–Crippen MR) is 95.9 cm³/mol. The highest BCUT2D eigenvalue weighted by Crippen LogP contribution is 2.34. The zero-order valence-electron chi connectivity index (χ0n) is 14.4. The highest BCUT2D eigenvalue weighted by molar-refractivity contribution is 5.95. The van der Waals surface area contributed by atoms with Gasteiger partial charge in [-0.2, -0.15) is 0 Å². The van der Waals surface area contributed by atoms with Gasteiger partial charge in [0.1, 0.15) is 5.76 Å². The predicted octanol–water partition coefficient (Wildman–Crippen LogP) is 3.40. The largest absolute Gasteiger partial charge is 0.467 e. The summed E-state index contributed by atoms with van der Waals surface area (Å²) in [7, 11) is 1.60. The molecule has 1 saturated carbocycles. The molecule has 1 aromatic carbocycles.